The first-order valence-electron chi connectivity index (χ1n) is 6.71. The number of nitrogens with one attached hydrogen (secondary N) is 2. The fraction of sp³-hybridized carbons (Fsp3) is 0.312. The number of hydrogen-bond acceptors (Lipinski definition) is 1. The minimum absolute atomic E-state index is 0.0829. The molecule has 0 aliphatic heterocycles. The quantitative estimate of drug-likeness (QED) is 0.865. The van der Waals surface area contributed by atoms with E-state index in [1.165, 1.54) is 17.7 Å². The van der Waals surface area contributed by atoms with Crippen LogP contribution in [0.2, 0.25) is 0 Å². The summed E-state index contributed by atoms with van der Waals surface area (Å²) in [5.41, 5.74) is 4.18. The zero-order valence-corrected chi connectivity index (χ0v) is 11.8. The Morgan fingerprint density at radius 2 is 2.10 bits per heavy atom. The van der Waals surface area contributed by atoms with Gasteiger partial charge in [0.2, 0.25) is 5.91 Å². The summed E-state index contributed by atoms with van der Waals surface area (Å²) in [4.78, 5) is 15.0. The Bertz CT molecular complexity index is 604. The summed E-state index contributed by atoms with van der Waals surface area (Å²) in [5, 5.41) is 2.86. The third kappa shape index (κ3) is 3.95. The SMILES string of the molecule is Cc1cc(CCNC(=O)Cc2cccc(F)c2)c(C)[nH]1. The number of rotatable bonds is 5. The van der Waals surface area contributed by atoms with Crippen molar-refractivity contribution in [2.75, 3.05) is 6.54 Å². The van der Waals surface area contributed by atoms with Gasteiger partial charge in [-0.3, -0.25) is 4.79 Å². The molecule has 1 amide bonds. The zero-order chi connectivity index (χ0) is 14.5. The lowest BCUT2D eigenvalue weighted by atomic mass is 10.1. The number of hydrogen-bond donors (Lipinski definition) is 2. The summed E-state index contributed by atoms with van der Waals surface area (Å²) in [6.07, 6.45) is 1.01. The van der Waals surface area contributed by atoms with Crippen LogP contribution in [0.3, 0.4) is 0 Å². The molecule has 0 bridgehead atoms. The normalized spacial score (nSPS) is 10.6. The van der Waals surface area contributed by atoms with Gasteiger partial charge in [-0.15, -0.1) is 0 Å². The van der Waals surface area contributed by atoms with Crippen LogP contribution in [0, 0.1) is 19.7 Å². The van der Waals surface area contributed by atoms with Crippen molar-refractivity contribution in [3.63, 3.8) is 0 Å². The van der Waals surface area contributed by atoms with E-state index in [2.05, 4.69) is 16.4 Å². The zero-order valence-electron chi connectivity index (χ0n) is 11.8. The molecule has 0 fully saturated rings. The summed E-state index contributed by atoms with van der Waals surface area (Å²) in [6.45, 7) is 4.63. The van der Waals surface area contributed by atoms with Crippen LogP contribution in [0.25, 0.3) is 0 Å². The fourth-order valence-electron chi connectivity index (χ4n) is 2.27. The molecule has 1 aromatic heterocycles. The number of amides is 1. The van der Waals surface area contributed by atoms with Crippen molar-refractivity contribution in [3.8, 4) is 0 Å². The van der Waals surface area contributed by atoms with E-state index in [0.29, 0.717) is 12.1 Å². The maximum Gasteiger partial charge on any atom is 0.224 e. The van der Waals surface area contributed by atoms with E-state index >= 15 is 0 Å². The van der Waals surface area contributed by atoms with E-state index in [0.717, 1.165) is 17.8 Å². The Hall–Kier alpha value is -2.10. The number of benzene rings is 1. The standard InChI is InChI=1S/C16H19FN2O/c1-11-8-14(12(2)19-11)6-7-18-16(20)10-13-4-3-5-15(17)9-13/h3-5,8-9,19H,6-7,10H2,1-2H3,(H,18,20). The van der Waals surface area contributed by atoms with Crippen molar-refractivity contribution in [2.24, 2.45) is 0 Å². The highest BCUT2D eigenvalue weighted by Gasteiger charge is 2.05. The second-order valence-corrected chi connectivity index (χ2v) is 5.01. The lowest BCUT2D eigenvalue weighted by molar-refractivity contribution is -0.120. The maximum atomic E-state index is 13.0. The van der Waals surface area contributed by atoms with Crippen molar-refractivity contribution in [3.05, 3.63) is 58.7 Å². The number of carbonyl (C=O) groups is 1. The Kier molecular flexibility index (Phi) is 4.56. The van der Waals surface area contributed by atoms with E-state index < -0.39 is 0 Å². The molecule has 0 spiro atoms. The Morgan fingerprint density at radius 1 is 1.30 bits per heavy atom. The molecule has 106 valence electrons. The van der Waals surface area contributed by atoms with Crippen molar-refractivity contribution in [2.45, 2.75) is 26.7 Å². The van der Waals surface area contributed by atoms with Gasteiger partial charge < -0.3 is 10.3 Å². The summed E-state index contributed by atoms with van der Waals surface area (Å²) in [5.74, 6) is -0.394. The van der Waals surface area contributed by atoms with E-state index in [-0.39, 0.29) is 18.1 Å². The molecule has 3 nitrogen and oxygen atoms in total. The Morgan fingerprint density at radius 3 is 2.75 bits per heavy atom. The second kappa shape index (κ2) is 6.37. The van der Waals surface area contributed by atoms with E-state index in [1.807, 2.05) is 13.8 Å². The summed E-state index contributed by atoms with van der Waals surface area (Å²) >= 11 is 0. The summed E-state index contributed by atoms with van der Waals surface area (Å²) < 4.78 is 13.0. The molecule has 1 heterocycles. The number of aromatic amines is 1. The topological polar surface area (TPSA) is 44.9 Å². The van der Waals surface area contributed by atoms with Crippen molar-refractivity contribution in [1.82, 2.24) is 10.3 Å². The predicted octanol–water partition coefficient (Wildman–Crippen LogP) is 2.67. The van der Waals surface area contributed by atoms with Crippen LogP contribution >= 0.6 is 0 Å². The third-order valence-corrected chi connectivity index (χ3v) is 3.23. The summed E-state index contributed by atoms with van der Waals surface area (Å²) in [7, 11) is 0. The van der Waals surface area contributed by atoms with Crippen LogP contribution in [-0.2, 0) is 17.6 Å². The molecule has 0 unspecified atom stereocenters. The maximum absolute atomic E-state index is 13.0. The number of H-pyrrole nitrogens is 1. The molecule has 4 heteroatoms. The van der Waals surface area contributed by atoms with Crippen LogP contribution in [-0.4, -0.2) is 17.4 Å². The van der Waals surface area contributed by atoms with Crippen LogP contribution in [0.15, 0.2) is 30.3 Å². The van der Waals surface area contributed by atoms with Gasteiger partial charge in [0.15, 0.2) is 0 Å². The minimum atomic E-state index is -0.311. The average molecular weight is 274 g/mol. The smallest absolute Gasteiger partial charge is 0.224 e. The third-order valence-electron chi connectivity index (χ3n) is 3.23. The van der Waals surface area contributed by atoms with Gasteiger partial charge in [-0.1, -0.05) is 12.1 Å². The van der Waals surface area contributed by atoms with Crippen LogP contribution in [0.5, 0.6) is 0 Å². The van der Waals surface area contributed by atoms with Gasteiger partial charge in [0.25, 0.3) is 0 Å². The summed E-state index contributed by atoms with van der Waals surface area (Å²) in [6, 6.07) is 8.22. The molecule has 2 N–H and O–H groups in total. The molecule has 2 aromatic rings. The Balaban J connectivity index is 1.79. The molecule has 2 rings (SSSR count). The number of halogens is 1. The van der Waals surface area contributed by atoms with E-state index in [1.54, 1.807) is 12.1 Å². The molecular weight excluding hydrogens is 255 g/mol. The van der Waals surface area contributed by atoms with Crippen molar-refractivity contribution in [1.29, 1.82) is 0 Å². The van der Waals surface area contributed by atoms with E-state index in [4.69, 9.17) is 0 Å². The van der Waals surface area contributed by atoms with Crippen LogP contribution in [0.1, 0.15) is 22.5 Å². The van der Waals surface area contributed by atoms with Gasteiger partial charge in [0, 0.05) is 17.9 Å². The molecule has 0 aliphatic carbocycles. The molecule has 0 radical (unpaired) electrons. The first-order valence-corrected chi connectivity index (χ1v) is 6.71. The highest BCUT2D eigenvalue weighted by molar-refractivity contribution is 5.78. The van der Waals surface area contributed by atoms with Crippen molar-refractivity contribution < 1.29 is 9.18 Å². The number of aryl methyl sites for hydroxylation is 2. The molecular formula is C16H19FN2O. The Labute approximate surface area is 118 Å². The largest absolute Gasteiger partial charge is 0.362 e. The van der Waals surface area contributed by atoms with Gasteiger partial charge in [0.1, 0.15) is 5.82 Å². The van der Waals surface area contributed by atoms with Crippen LogP contribution < -0.4 is 5.32 Å². The molecule has 0 saturated carbocycles. The van der Waals surface area contributed by atoms with Crippen LogP contribution in [0.4, 0.5) is 4.39 Å². The molecule has 1 aromatic carbocycles. The lowest BCUT2D eigenvalue weighted by Gasteiger charge is -2.05. The fourth-order valence-corrected chi connectivity index (χ4v) is 2.27. The number of aromatic nitrogens is 1. The molecule has 0 saturated heterocycles. The predicted molar refractivity (Wildman–Crippen MR) is 77.1 cm³/mol. The lowest BCUT2D eigenvalue weighted by Crippen LogP contribution is -2.27. The van der Waals surface area contributed by atoms with Gasteiger partial charge in [-0.25, -0.2) is 4.39 Å². The van der Waals surface area contributed by atoms with Gasteiger partial charge >= 0.3 is 0 Å². The molecule has 0 atom stereocenters. The highest BCUT2D eigenvalue weighted by Crippen LogP contribution is 2.09. The monoisotopic (exact) mass is 274 g/mol. The van der Waals surface area contributed by atoms with Gasteiger partial charge in [-0.05, 0) is 49.6 Å². The second-order valence-electron chi connectivity index (χ2n) is 5.01. The van der Waals surface area contributed by atoms with E-state index in [9.17, 15) is 9.18 Å². The minimum Gasteiger partial charge on any atom is -0.362 e. The highest BCUT2D eigenvalue weighted by atomic mass is 19.1. The molecule has 20 heavy (non-hydrogen) atoms. The first kappa shape index (κ1) is 14.3. The van der Waals surface area contributed by atoms with Crippen molar-refractivity contribution >= 4 is 5.91 Å². The molecule has 0 aliphatic rings. The van der Waals surface area contributed by atoms with Gasteiger partial charge in [0.05, 0.1) is 6.42 Å². The number of carbonyl (C=O) groups excluding carboxylic acids is 1. The average Bonchev–Trinajstić information content (AvgIpc) is 2.68. The van der Waals surface area contributed by atoms with Gasteiger partial charge in [-0.2, -0.15) is 0 Å². The first-order chi connectivity index (χ1) is 9.54.